The minimum Gasteiger partial charge on any atom is -0.461 e. The van der Waals surface area contributed by atoms with E-state index in [1.54, 1.807) is 52.0 Å². The van der Waals surface area contributed by atoms with Crippen LogP contribution in [0, 0.1) is 17.6 Å². The minimum absolute atomic E-state index is 0.240. The van der Waals surface area contributed by atoms with Gasteiger partial charge in [0.15, 0.2) is 0 Å². The second-order valence-corrected chi connectivity index (χ2v) is 8.94. The smallest absolute Gasteiger partial charge is 0.408 e. The van der Waals surface area contributed by atoms with Crippen molar-refractivity contribution in [3.63, 3.8) is 0 Å². The Balaban J connectivity index is 2.09. The number of rotatable bonds is 8. The molecule has 0 aromatic heterocycles. The zero-order valence-corrected chi connectivity index (χ0v) is 19.2. The highest BCUT2D eigenvalue weighted by molar-refractivity contribution is 5.81. The lowest BCUT2D eigenvalue weighted by Crippen LogP contribution is -2.44. The normalized spacial score (nSPS) is 13.4. The van der Waals surface area contributed by atoms with Crippen LogP contribution in [0.1, 0.15) is 45.7 Å². The lowest BCUT2D eigenvalue weighted by molar-refractivity contribution is -0.152. The highest BCUT2D eigenvalue weighted by atomic mass is 19.1. The zero-order valence-electron chi connectivity index (χ0n) is 19.2. The molecule has 0 aliphatic carbocycles. The molecule has 1 amide bonds. The molecular weight excluding hydrogens is 416 g/mol. The predicted octanol–water partition coefficient (Wildman–Crippen LogP) is 5.21. The Morgan fingerprint density at radius 1 is 0.938 bits per heavy atom. The van der Waals surface area contributed by atoms with Crippen molar-refractivity contribution in [2.45, 2.75) is 65.2 Å². The summed E-state index contributed by atoms with van der Waals surface area (Å²) in [6.07, 6.45) is -0.435. The molecule has 0 unspecified atom stereocenters. The molecule has 0 spiro atoms. The first-order valence-corrected chi connectivity index (χ1v) is 10.6. The van der Waals surface area contributed by atoms with Gasteiger partial charge in [-0.25, -0.2) is 18.4 Å². The summed E-state index contributed by atoms with van der Waals surface area (Å²) in [6.45, 7) is 8.41. The van der Waals surface area contributed by atoms with Crippen LogP contribution in [0.2, 0.25) is 0 Å². The molecule has 1 N–H and O–H groups in total. The number of ether oxygens (including phenoxy) is 2. The molecular formula is C25H31F2NO4. The molecule has 2 aromatic carbocycles. The summed E-state index contributed by atoms with van der Waals surface area (Å²) in [7, 11) is 0. The van der Waals surface area contributed by atoms with Crippen molar-refractivity contribution in [1.29, 1.82) is 0 Å². The average molecular weight is 448 g/mol. The fourth-order valence-electron chi connectivity index (χ4n) is 3.26. The zero-order chi connectivity index (χ0) is 23.9. The third-order valence-corrected chi connectivity index (χ3v) is 4.83. The molecule has 5 nitrogen and oxygen atoms in total. The first-order chi connectivity index (χ1) is 14.9. The summed E-state index contributed by atoms with van der Waals surface area (Å²) < 4.78 is 38.1. The quantitative estimate of drug-likeness (QED) is 0.564. The van der Waals surface area contributed by atoms with Gasteiger partial charge in [0.05, 0.1) is 0 Å². The molecule has 2 aromatic rings. The van der Waals surface area contributed by atoms with Gasteiger partial charge in [0.1, 0.15) is 29.4 Å². The molecule has 0 saturated carbocycles. The van der Waals surface area contributed by atoms with E-state index >= 15 is 0 Å². The van der Waals surface area contributed by atoms with Crippen molar-refractivity contribution < 1.29 is 27.8 Å². The van der Waals surface area contributed by atoms with Gasteiger partial charge in [-0.2, -0.15) is 0 Å². The van der Waals surface area contributed by atoms with Gasteiger partial charge in [0.2, 0.25) is 0 Å². The first kappa shape index (κ1) is 25.3. The molecule has 0 bridgehead atoms. The molecule has 7 heteroatoms. The Bertz CT molecular complexity index is 879. The Hall–Kier alpha value is -2.96. The van der Waals surface area contributed by atoms with Crippen LogP contribution in [0.25, 0.3) is 0 Å². The molecule has 2 rings (SSSR count). The van der Waals surface area contributed by atoms with Gasteiger partial charge in [0, 0.05) is 5.92 Å². The van der Waals surface area contributed by atoms with Crippen LogP contribution in [0.3, 0.4) is 0 Å². The van der Waals surface area contributed by atoms with Crippen molar-refractivity contribution in [3.05, 3.63) is 71.3 Å². The molecule has 174 valence electrons. The average Bonchev–Trinajstić information content (AvgIpc) is 2.66. The van der Waals surface area contributed by atoms with E-state index in [0.29, 0.717) is 12.8 Å². The number of hydrogen-bond donors (Lipinski definition) is 1. The van der Waals surface area contributed by atoms with Crippen LogP contribution < -0.4 is 5.32 Å². The second kappa shape index (κ2) is 11.1. The summed E-state index contributed by atoms with van der Waals surface area (Å²) in [4.78, 5) is 24.5. The molecule has 2 atom stereocenters. The van der Waals surface area contributed by atoms with E-state index in [9.17, 15) is 18.4 Å². The van der Waals surface area contributed by atoms with Crippen LogP contribution in [0.5, 0.6) is 0 Å². The van der Waals surface area contributed by atoms with Crippen molar-refractivity contribution in [2.24, 2.45) is 5.92 Å². The lowest BCUT2D eigenvalue weighted by atomic mass is 9.88. The predicted molar refractivity (Wildman–Crippen MR) is 118 cm³/mol. The standard InChI is InChI=1S/C25H31F2NO4/c1-16(28-24(30)32-25(3,4)5)23(29)31-17(2)20(12-18-8-6-10-21(26)14-18)13-19-9-7-11-22(27)15-19/h6-11,14-17,20H,12-13H2,1-5H3,(H,28,30)/t16-,17-/m0/s1. The van der Waals surface area contributed by atoms with Crippen molar-refractivity contribution >= 4 is 12.1 Å². The number of hydrogen-bond acceptors (Lipinski definition) is 4. The van der Waals surface area contributed by atoms with E-state index in [0.717, 1.165) is 11.1 Å². The molecule has 0 heterocycles. The van der Waals surface area contributed by atoms with Crippen molar-refractivity contribution in [1.82, 2.24) is 5.32 Å². The Kier molecular flexibility index (Phi) is 8.75. The van der Waals surface area contributed by atoms with Crippen molar-refractivity contribution in [3.8, 4) is 0 Å². The number of amides is 1. The van der Waals surface area contributed by atoms with E-state index < -0.39 is 29.8 Å². The van der Waals surface area contributed by atoms with Gasteiger partial charge in [-0.1, -0.05) is 24.3 Å². The number of carbonyl (C=O) groups is 2. The molecule has 0 radical (unpaired) electrons. The van der Waals surface area contributed by atoms with Gasteiger partial charge in [-0.05, 0) is 82.9 Å². The minimum atomic E-state index is -0.920. The monoisotopic (exact) mass is 447 g/mol. The third-order valence-electron chi connectivity index (χ3n) is 4.83. The maximum atomic E-state index is 13.7. The van der Waals surface area contributed by atoms with E-state index in [2.05, 4.69) is 5.32 Å². The van der Waals surface area contributed by atoms with Crippen molar-refractivity contribution in [2.75, 3.05) is 0 Å². The van der Waals surface area contributed by atoms with Gasteiger partial charge in [-0.15, -0.1) is 0 Å². The number of halogens is 2. The van der Waals surface area contributed by atoms with Crippen LogP contribution in [0.15, 0.2) is 48.5 Å². The van der Waals surface area contributed by atoms with E-state index in [-0.39, 0.29) is 17.6 Å². The van der Waals surface area contributed by atoms with E-state index in [1.165, 1.54) is 31.2 Å². The second-order valence-electron chi connectivity index (χ2n) is 8.94. The number of carbonyl (C=O) groups excluding carboxylic acids is 2. The molecule has 0 aliphatic heterocycles. The number of nitrogens with one attached hydrogen (secondary N) is 1. The SMILES string of the molecule is C[C@H](NC(=O)OC(C)(C)C)C(=O)O[C@@H](C)C(Cc1cccc(F)c1)Cc1cccc(F)c1. The molecule has 0 fully saturated rings. The van der Waals surface area contributed by atoms with Gasteiger partial charge in [0.25, 0.3) is 0 Å². The van der Waals surface area contributed by atoms with Crippen LogP contribution in [0.4, 0.5) is 13.6 Å². The number of benzene rings is 2. The molecule has 0 aliphatic rings. The summed E-state index contributed by atoms with van der Waals surface area (Å²) in [5.74, 6) is -1.57. The fraction of sp³-hybridized carbons (Fsp3) is 0.440. The van der Waals surface area contributed by atoms with Crippen LogP contribution in [-0.2, 0) is 27.1 Å². The summed E-state index contributed by atoms with van der Waals surface area (Å²) >= 11 is 0. The third kappa shape index (κ3) is 8.65. The molecule has 32 heavy (non-hydrogen) atoms. The number of esters is 1. The maximum Gasteiger partial charge on any atom is 0.408 e. The largest absolute Gasteiger partial charge is 0.461 e. The highest BCUT2D eigenvalue weighted by Crippen LogP contribution is 2.22. The number of alkyl carbamates (subject to hydrolysis) is 1. The van der Waals surface area contributed by atoms with Gasteiger partial charge < -0.3 is 14.8 Å². The van der Waals surface area contributed by atoms with E-state index in [4.69, 9.17) is 9.47 Å². The van der Waals surface area contributed by atoms with Crippen LogP contribution in [-0.4, -0.2) is 29.8 Å². The van der Waals surface area contributed by atoms with Gasteiger partial charge in [-0.3, -0.25) is 0 Å². The highest BCUT2D eigenvalue weighted by Gasteiger charge is 2.27. The Morgan fingerprint density at radius 2 is 1.44 bits per heavy atom. The van der Waals surface area contributed by atoms with Gasteiger partial charge >= 0.3 is 12.1 Å². The Morgan fingerprint density at radius 3 is 1.88 bits per heavy atom. The van der Waals surface area contributed by atoms with E-state index in [1.807, 2.05) is 0 Å². The topological polar surface area (TPSA) is 64.6 Å². The first-order valence-electron chi connectivity index (χ1n) is 10.6. The fourth-order valence-corrected chi connectivity index (χ4v) is 3.26. The molecule has 0 saturated heterocycles. The maximum absolute atomic E-state index is 13.7. The lowest BCUT2D eigenvalue weighted by Gasteiger charge is -2.26. The summed E-state index contributed by atoms with van der Waals surface area (Å²) in [6, 6.07) is 11.5. The summed E-state index contributed by atoms with van der Waals surface area (Å²) in [5, 5.41) is 2.46. The van der Waals surface area contributed by atoms with Crippen LogP contribution >= 0.6 is 0 Å². The summed E-state index contributed by atoms with van der Waals surface area (Å²) in [5.41, 5.74) is 0.797. The Labute approximate surface area is 188 Å².